The summed E-state index contributed by atoms with van der Waals surface area (Å²) in [5.74, 6) is -0.294. The molecule has 0 bridgehead atoms. The monoisotopic (exact) mass is 475 g/mol. The Hall–Kier alpha value is -3.38. The summed E-state index contributed by atoms with van der Waals surface area (Å²) in [5.41, 5.74) is 3.64. The van der Waals surface area contributed by atoms with Gasteiger partial charge in [0, 0.05) is 10.2 Å². The van der Waals surface area contributed by atoms with Crippen LogP contribution in [0.5, 0.6) is 5.75 Å². The molecule has 0 saturated carbocycles. The van der Waals surface area contributed by atoms with E-state index in [0.717, 1.165) is 15.6 Å². The first-order valence-corrected chi connectivity index (χ1v) is 10.6. The van der Waals surface area contributed by atoms with E-state index >= 15 is 0 Å². The van der Waals surface area contributed by atoms with E-state index in [4.69, 9.17) is 4.42 Å². The van der Waals surface area contributed by atoms with Crippen molar-refractivity contribution in [2.24, 2.45) is 0 Å². The minimum absolute atomic E-state index is 0.0362. The summed E-state index contributed by atoms with van der Waals surface area (Å²) in [4.78, 5) is 28.7. The van der Waals surface area contributed by atoms with Crippen molar-refractivity contribution in [2.45, 2.75) is 19.9 Å². The molecule has 5 nitrogen and oxygen atoms in total. The minimum Gasteiger partial charge on any atom is -0.508 e. The van der Waals surface area contributed by atoms with Crippen molar-refractivity contribution in [2.75, 3.05) is 4.90 Å². The zero-order valence-electron chi connectivity index (χ0n) is 16.8. The molecule has 1 atom stereocenters. The Bertz CT molecular complexity index is 1440. The third kappa shape index (κ3) is 3.06. The zero-order valence-corrected chi connectivity index (χ0v) is 18.4. The van der Waals surface area contributed by atoms with Gasteiger partial charge in [0.15, 0.2) is 5.43 Å². The lowest BCUT2D eigenvalue weighted by Crippen LogP contribution is -2.29. The summed E-state index contributed by atoms with van der Waals surface area (Å²) in [7, 11) is 0. The third-order valence-electron chi connectivity index (χ3n) is 5.76. The molecule has 0 saturated heterocycles. The fraction of sp³-hybridized carbons (Fsp3) is 0.120. The molecule has 3 aromatic carbocycles. The van der Waals surface area contributed by atoms with Gasteiger partial charge in [-0.05, 0) is 73.0 Å². The van der Waals surface area contributed by atoms with Gasteiger partial charge in [0.2, 0.25) is 5.76 Å². The first-order valence-electron chi connectivity index (χ1n) is 9.81. The van der Waals surface area contributed by atoms with Crippen molar-refractivity contribution in [1.82, 2.24) is 0 Å². The van der Waals surface area contributed by atoms with E-state index in [0.29, 0.717) is 22.2 Å². The van der Waals surface area contributed by atoms with E-state index in [1.54, 1.807) is 35.2 Å². The molecule has 154 valence electrons. The summed E-state index contributed by atoms with van der Waals surface area (Å²) in [6.07, 6.45) is 0. The second-order valence-corrected chi connectivity index (χ2v) is 8.67. The molecule has 4 aromatic rings. The van der Waals surface area contributed by atoms with Crippen LogP contribution in [0.25, 0.3) is 11.0 Å². The highest BCUT2D eigenvalue weighted by atomic mass is 79.9. The van der Waals surface area contributed by atoms with Gasteiger partial charge in [-0.15, -0.1) is 0 Å². The predicted octanol–water partition coefficient (Wildman–Crippen LogP) is 5.63. The molecule has 1 aliphatic rings. The molecule has 1 amide bonds. The van der Waals surface area contributed by atoms with Crippen LogP contribution in [0.3, 0.4) is 0 Å². The molecule has 6 heteroatoms. The van der Waals surface area contributed by atoms with Crippen LogP contribution in [-0.4, -0.2) is 11.0 Å². The Balaban J connectivity index is 1.85. The maximum atomic E-state index is 13.6. The van der Waals surface area contributed by atoms with Gasteiger partial charge >= 0.3 is 0 Å². The van der Waals surface area contributed by atoms with Crippen LogP contribution < -0.4 is 10.3 Å². The zero-order chi connectivity index (χ0) is 21.9. The van der Waals surface area contributed by atoms with Crippen LogP contribution in [0.4, 0.5) is 5.69 Å². The SMILES string of the molecule is Cc1cc2oc3c(c(=O)c2cc1C)C(c1cccc(O)c1)N(c1cccc(Br)c1)C3=O. The van der Waals surface area contributed by atoms with Crippen LogP contribution in [0, 0.1) is 13.8 Å². The van der Waals surface area contributed by atoms with Crippen molar-refractivity contribution >= 4 is 38.5 Å². The van der Waals surface area contributed by atoms with Crippen molar-refractivity contribution in [3.8, 4) is 5.75 Å². The van der Waals surface area contributed by atoms with Crippen LogP contribution >= 0.6 is 15.9 Å². The number of aromatic hydroxyl groups is 1. The molecule has 31 heavy (non-hydrogen) atoms. The van der Waals surface area contributed by atoms with Crippen LogP contribution in [0.1, 0.15) is 38.9 Å². The van der Waals surface area contributed by atoms with Gasteiger partial charge in [0.1, 0.15) is 11.3 Å². The summed E-state index contributed by atoms with van der Waals surface area (Å²) >= 11 is 3.46. The number of benzene rings is 3. The first-order chi connectivity index (χ1) is 14.8. The highest BCUT2D eigenvalue weighted by molar-refractivity contribution is 9.10. The molecule has 1 aliphatic heterocycles. The predicted molar refractivity (Wildman–Crippen MR) is 123 cm³/mol. The third-order valence-corrected chi connectivity index (χ3v) is 6.25. The lowest BCUT2D eigenvalue weighted by atomic mass is 9.97. The topological polar surface area (TPSA) is 70.8 Å². The number of fused-ring (bicyclic) bond motifs is 2. The number of rotatable bonds is 2. The van der Waals surface area contributed by atoms with E-state index in [2.05, 4.69) is 15.9 Å². The molecular formula is C25H18BrNO4. The summed E-state index contributed by atoms with van der Waals surface area (Å²) < 4.78 is 6.84. The Morgan fingerprint density at radius 2 is 1.71 bits per heavy atom. The summed E-state index contributed by atoms with van der Waals surface area (Å²) in [5, 5.41) is 10.5. The Kier molecular flexibility index (Phi) is 4.48. The van der Waals surface area contributed by atoms with Crippen molar-refractivity contribution < 1.29 is 14.3 Å². The number of aryl methyl sites for hydroxylation is 2. The largest absolute Gasteiger partial charge is 0.508 e. The smallest absolute Gasteiger partial charge is 0.295 e. The lowest BCUT2D eigenvalue weighted by Gasteiger charge is -2.25. The van der Waals surface area contributed by atoms with Crippen molar-refractivity contribution in [3.63, 3.8) is 0 Å². The Labute approximate surface area is 186 Å². The maximum absolute atomic E-state index is 13.6. The highest BCUT2D eigenvalue weighted by Crippen LogP contribution is 2.42. The van der Waals surface area contributed by atoms with E-state index in [-0.39, 0.29) is 22.5 Å². The second-order valence-electron chi connectivity index (χ2n) is 7.76. The number of nitrogens with zero attached hydrogens (tertiary/aromatic N) is 1. The highest BCUT2D eigenvalue weighted by Gasteiger charge is 2.43. The van der Waals surface area contributed by atoms with Gasteiger partial charge in [-0.3, -0.25) is 14.5 Å². The van der Waals surface area contributed by atoms with Crippen LogP contribution in [0.2, 0.25) is 0 Å². The number of carbonyl (C=O) groups is 1. The molecule has 1 N–H and O–H groups in total. The molecule has 0 radical (unpaired) electrons. The number of hydrogen-bond donors (Lipinski definition) is 1. The van der Waals surface area contributed by atoms with Gasteiger partial charge in [-0.25, -0.2) is 0 Å². The number of carbonyl (C=O) groups excluding carboxylic acids is 1. The number of phenolic OH excluding ortho intramolecular Hbond substituents is 1. The van der Waals surface area contributed by atoms with Gasteiger partial charge in [0.25, 0.3) is 5.91 Å². The van der Waals surface area contributed by atoms with E-state index in [9.17, 15) is 14.7 Å². The molecule has 0 fully saturated rings. The number of halogens is 1. The second kappa shape index (κ2) is 7.10. The number of phenols is 1. The Morgan fingerprint density at radius 1 is 0.968 bits per heavy atom. The first kappa shape index (κ1) is 19.6. The normalized spacial score (nSPS) is 15.5. The van der Waals surface area contributed by atoms with Crippen LogP contribution in [0.15, 0.2) is 74.3 Å². The number of amides is 1. The molecular weight excluding hydrogens is 458 g/mol. The quantitative estimate of drug-likeness (QED) is 0.407. The molecule has 5 rings (SSSR count). The maximum Gasteiger partial charge on any atom is 0.295 e. The molecule has 0 spiro atoms. The molecule has 1 aromatic heterocycles. The molecule has 1 unspecified atom stereocenters. The van der Waals surface area contributed by atoms with Gasteiger partial charge < -0.3 is 9.52 Å². The average molecular weight is 476 g/mol. The van der Waals surface area contributed by atoms with Crippen molar-refractivity contribution in [1.29, 1.82) is 0 Å². The lowest BCUT2D eigenvalue weighted by molar-refractivity contribution is 0.0971. The van der Waals surface area contributed by atoms with Crippen molar-refractivity contribution in [3.05, 3.63) is 103 Å². The summed E-state index contributed by atoms with van der Waals surface area (Å²) in [6.45, 7) is 3.88. The van der Waals surface area contributed by atoms with E-state index < -0.39 is 11.9 Å². The van der Waals surface area contributed by atoms with E-state index in [1.807, 2.05) is 44.2 Å². The molecule has 0 aliphatic carbocycles. The van der Waals surface area contributed by atoms with Gasteiger partial charge in [-0.2, -0.15) is 0 Å². The minimum atomic E-state index is -0.717. The van der Waals surface area contributed by atoms with Gasteiger partial charge in [-0.1, -0.05) is 34.1 Å². The fourth-order valence-corrected chi connectivity index (χ4v) is 4.52. The van der Waals surface area contributed by atoms with Crippen LogP contribution in [-0.2, 0) is 0 Å². The number of anilines is 1. The average Bonchev–Trinajstić information content (AvgIpc) is 3.02. The van der Waals surface area contributed by atoms with E-state index in [1.165, 1.54) is 0 Å². The molecule has 2 heterocycles. The fourth-order valence-electron chi connectivity index (χ4n) is 4.13. The van der Waals surface area contributed by atoms with Gasteiger partial charge in [0.05, 0.1) is 17.0 Å². The Morgan fingerprint density at radius 3 is 2.45 bits per heavy atom. The summed E-state index contributed by atoms with van der Waals surface area (Å²) in [6, 6.07) is 16.8. The standard InChI is InChI=1S/C25H18BrNO4/c1-13-9-19-20(10-14(13)2)31-24-21(23(19)29)22(15-5-3-8-18(28)11-15)27(25(24)30)17-7-4-6-16(26)12-17/h3-12,22,28H,1-2H3. The number of hydrogen-bond acceptors (Lipinski definition) is 4.